The molecule has 1 aromatic heterocycles. The summed E-state index contributed by atoms with van der Waals surface area (Å²) in [5, 5.41) is 11.7. The smallest absolute Gasteiger partial charge is 0.259 e. The van der Waals surface area contributed by atoms with Crippen molar-refractivity contribution in [2.24, 2.45) is 0 Å². The predicted molar refractivity (Wildman–Crippen MR) is 93.8 cm³/mol. The molecule has 0 N–H and O–H groups in total. The minimum atomic E-state index is -0.141. The third kappa shape index (κ3) is 2.52. The van der Waals surface area contributed by atoms with Crippen molar-refractivity contribution < 1.29 is 0 Å². The highest BCUT2D eigenvalue weighted by molar-refractivity contribution is 6.31. The van der Waals surface area contributed by atoms with Crippen LogP contribution in [0.5, 0.6) is 0 Å². The number of halogens is 1. The van der Waals surface area contributed by atoms with Gasteiger partial charge >= 0.3 is 0 Å². The van der Waals surface area contributed by atoms with E-state index in [0.29, 0.717) is 16.1 Å². The summed E-state index contributed by atoms with van der Waals surface area (Å²) in [4.78, 5) is 12.8. The molecule has 0 bridgehead atoms. The Morgan fingerprint density at radius 1 is 1.09 bits per heavy atom. The third-order valence-corrected chi connectivity index (χ3v) is 4.09. The maximum Gasteiger partial charge on any atom is 0.259 e. The summed E-state index contributed by atoms with van der Waals surface area (Å²) in [5.41, 5.74) is 1.81. The second-order valence-corrected chi connectivity index (χ2v) is 6.10. The molecule has 23 heavy (non-hydrogen) atoms. The Morgan fingerprint density at radius 3 is 2.39 bits per heavy atom. The second-order valence-electron chi connectivity index (χ2n) is 5.66. The number of fused-ring (bicyclic) bond motifs is 1. The molecular weight excluding hydrogens is 308 g/mol. The number of nitriles is 1. The van der Waals surface area contributed by atoms with Gasteiger partial charge < -0.3 is 0 Å². The molecule has 3 nitrogen and oxygen atoms in total. The SMILES string of the molecule is CC(C)n1c(C#N)c(-c2cccc(Cl)c2)c2ccccc2c1=O. The summed E-state index contributed by atoms with van der Waals surface area (Å²) in [6.45, 7) is 3.80. The summed E-state index contributed by atoms with van der Waals surface area (Å²) in [5.74, 6) is 0. The van der Waals surface area contributed by atoms with E-state index in [1.165, 1.54) is 0 Å². The Labute approximate surface area is 139 Å². The Balaban J connectivity index is 2.57. The largest absolute Gasteiger partial charge is 0.296 e. The van der Waals surface area contributed by atoms with Gasteiger partial charge in [-0.15, -0.1) is 0 Å². The van der Waals surface area contributed by atoms with Crippen LogP contribution in [-0.4, -0.2) is 4.57 Å². The van der Waals surface area contributed by atoms with Gasteiger partial charge in [0.2, 0.25) is 0 Å². The maximum atomic E-state index is 12.8. The van der Waals surface area contributed by atoms with Crippen molar-refractivity contribution >= 4 is 22.4 Å². The lowest BCUT2D eigenvalue weighted by Crippen LogP contribution is -2.25. The summed E-state index contributed by atoms with van der Waals surface area (Å²) < 4.78 is 1.55. The van der Waals surface area contributed by atoms with E-state index in [4.69, 9.17) is 11.6 Å². The molecule has 0 aliphatic rings. The second kappa shape index (κ2) is 5.91. The number of benzene rings is 2. The van der Waals surface area contributed by atoms with E-state index in [-0.39, 0.29) is 11.6 Å². The molecule has 0 fully saturated rings. The highest BCUT2D eigenvalue weighted by atomic mass is 35.5. The number of hydrogen-bond acceptors (Lipinski definition) is 2. The fourth-order valence-electron chi connectivity index (χ4n) is 2.91. The van der Waals surface area contributed by atoms with E-state index in [9.17, 15) is 10.1 Å². The highest BCUT2D eigenvalue weighted by Crippen LogP contribution is 2.32. The van der Waals surface area contributed by atoms with Crippen LogP contribution in [0.2, 0.25) is 5.02 Å². The molecule has 0 amide bonds. The Morgan fingerprint density at radius 2 is 1.78 bits per heavy atom. The van der Waals surface area contributed by atoms with E-state index < -0.39 is 0 Å². The number of aromatic nitrogens is 1. The molecule has 0 radical (unpaired) electrons. The van der Waals surface area contributed by atoms with Gasteiger partial charge in [0, 0.05) is 22.0 Å². The summed E-state index contributed by atoms with van der Waals surface area (Å²) >= 11 is 6.12. The lowest BCUT2D eigenvalue weighted by atomic mass is 9.96. The minimum Gasteiger partial charge on any atom is -0.296 e. The molecule has 0 saturated heterocycles. The topological polar surface area (TPSA) is 45.8 Å². The van der Waals surface area contributed by atoms with E-state index in [0.717, 1.165) is 16.5 Å². The fraction of sp³-hybridized carbons (Fsp3) is 0.158. The van der Waals surface area contributed by atoms with Gasteiger partial charge in [0.05, 0.1) is 0 Å². The van der Waals surface area contributed by atoms with Crippen molar-refractivity contribution in [2.45, 2.75) is 19.9 Å². The minimum absolute atomic E-state index is 0.111. The van der Waals surface area contributed by atoms with E-state index in [1.807, 2.05) is 50.2 Å². The first-order valence-corrected chi connectivity index (χ1v) is 7.75. The zero-order chi connectivity index (χ0) is 16.6. The van der Waals surface area contributed by atoms with Gasteiger partial charge in [-0.2, -0.15) is 5.26 Å². The Hall–Kier alpha value is -2.57. The molecule has 2 aromatic carbocycles. The van der Waals surface area contributed by atoms with Crippen LogP contribution in [0.3, 0.4) is 0 Å². The van der Waals surface area contributed by atoms with Crippen molar-refractivity contribution in [3.05, 3.63) is 69.6 Å². The van der Waals surface area contributed by atoms with Gasteiger partial charge in [0.25, 0.3) is 5.56 Å². The summed E-state index contributed by atoms with van der Waals surface area (Å²) in [7, 11) is 0. The van der Waals surface area contributed by atoms with Crippen molar-refractivity contribution in [1.82, 2.24) is 4.57 Å². The fourth-order valence-corrected chi connectivity index (χ4v) is 3.10. The molecule has 0 aliphatic carbocycles. The van der Waals surface area contributed by atoms with Crippen molar-refractivity contribution in [1.29, 1.82) is 5.26 Å². The highest BCUT2D eigenvalue weighted by Gasteiger charge is 2.19. The van der Waals surface area contributed by atoms with E-state index in [2.05, 4.69) is 6.07 Å². The van der Waals surface area contributed by atoms with Crippen LogP contribution in [0.25, 0.3) is 21.9 Å². The average Bonchev–Trinajstić information content (AvgIpc) is 2.54. The van der Waals surface area contributed by atoms with Crippen molar-refractivity contribution in [2.75, 3.05) is 0 Å². The van der Waals surface area contributed by atoms with Gasteiger partial charge in [0.1, 0.15) is 11.8 Å². The van der Waals surface area contributed by atoms with Crippen LogP contribution in [0, 0.1) is 11.3 Å². The third-order valence-electron chi connectivity index (χ3n) is 3.86. The molecular formula is C19H15ClN2O. The molecule has 0 spiro atoms. The summed E-state index contributed by atoms with van der Waals surface area (Å²) in [6, 6.07) is 16.8. The zero-order valence-electron chi connectivity index (χ0n) is 12.9. The van der Waals surface area contributed by atoms with Gasteiger partial charge in [-0.05, 0) is 43.0 Å². The van der Waals surface area contributed by atoms with Crippen LogP contribution in [0.4, 0.5) is 0 Å². The molecule has 0 aliphatic heterocycles. The van der Waals surface area contributed by atoms with Crippen molar-refractivity contribution in [3.8, 4) is 17.2 Å². The normalized spacial score (nSPS) is 10.9. The van der Waals surface area contributed by atoms with Crippen LogP contribution in [0.15, 0.2) is 53.3 Å². The number of pyridine rings is 1. The van der Waals surface area contributed by atoms with Gasteiger partial charge in [-0.1, -0.05) is 41.9 Å². The monoisotopic (exact) mass is 322 g/mol. The molecule has 114 valence electrons. The van der Waals surface area contributed by atoms with Crippen LogP contribution in [0.1, 0.15) is 25.6 Å². The number of hydrogen-bond donors (Lipinski definition) is 0. The number of nitrogens with zero attached hydrogens (tertiary/aromatic N) is 2. The Bertz CT molecular complexity index is 996. The first-order valence-electron chi connectivity index (χ1n) is 7.38. The summed E-state index contributed by atoms with van der Waals surface area (Å²) in [6.07, 6.45) is 0. The molecule has 0 atom stereocenters. The lowest BCUT2D eigenvalue weighted by molar-refractivity contribution is 0.577. The zero-order valence-corrected chi connectivity index (χ0v) is 13.6. The molecule has 3 aromatic rings. The first-order chi connectivity index (χ1) is 11.0. The van der Waals surface area contributed by atoms with E-state index in [1.54, 1.807) is 16.7 Å². The first kappa shape index (κ1) is 15.3. The van der Waals surface area contributed by atoms with Gasteiger partial charge in [0.15, 0.2) is 0 Å². The number of rotatable bonds is 2. The van der Waals surface area contributed by atoms with E-state index >= 15 is 0 Å². The van der Waals surface area contributed by atoms with Crippen LogP contribution in [-0.2, 0) is 0 Å². The maximum absolute atomic E-state index is 12.8. The van der Waals surface area contributed by atoms with Gasteiger partial charge in [-0.25, -0.2) is 0 Å². The molecule has 4 heteroatoms. The lowest BCUT2D eigenvalue weighted by Gasteiger charge is -2.18. The molecule has 1 heterocycles. The molecule has 0 saturated carbocycles. The Kier molecular flexibility index (Phi) is 3.94. The molecule has 3 rings (SSSR count). The van der Waals surface area contributed by atoms with Crippen molar-refractivity contribution in [3.63, 3.8) is 0 Å². The molecule has 0 unspecified atom stereocenters. The predicted octanol–water partition coefficient (Wildman–Crippen LogP) is 4.77. The average molecular weight is 323 g/mol. The standard InChI is InChI=1S/C19H15ClN2O/c1-12(2)22-17(11-21)18(13-6-5-7-14(20)10-13)15-8-3-4-9-16(15)19(22)23/h3-10,12H,1-2H3. The quantitative estimate of drug-likeness (QED) is 0.682. The van der Waals surface area contributed by atoms with Gasteiger partial charge in [-0.3, -0.25) is 9.36 Å². The van der Waals surface area contributed by atoms with Crippen LogP contribution >= 0.6 is 11.6 Å². The van der Waals surface area contributed by atoms with Crippen LogP contribution < -0.4 is 5.56 Å².